The Bertz CT molecular complexity index is 736. The van der Waals surface area contributed by atoms with Crippen LogP contribution in [0.25, 0.3) is 10.2 Å². The van der Waals surface area contributed by atoms with Crippen molar-refractivity contribution in [3.63, 3.8) is 0 Å². The van der Waals surface area contributed by atoms with Crippen LogP contribution in [0, 0.1) is 0 Å². The first-order valence-corrected chi connectivity index (χ1v) is 8.48. The smallest absolute Gasteiger partial charge is 0.243 e. The van der Waals surface area contributed by atoms with Crippen LogP contribution in [0.3, 0.4) is 0 Å². The van der Waals surface area contributed by atoms with E-state index in [0.717, 1.165) is 15.1 Å². The minimum Gasteiger partial charge on any atom is -0.301 e. The van der Waals surface area contributed by atoms with Gasteiger partial charge in [-0.1, -0.05) is 23.5 Å². The number of hydrogen-bond acceptors (Lipinski definition) is 6. The minimum atomic E-state index is -0.242. The number of rotatable bonds is 5. The number of amides is 1. The first kappa shape index (κ1) is 15.1. The van der Waals surface area contributed by atoms with Crippen LogP contribution in [-0.4, -0.2) is 33.3 Å². The van der Waals surface area contributed by atoms with E-state index in [9.17, 15) is 4.79 Å². The molecule has 114 valence electrons. The van der Waals surface area contributed by atoms with E-state index in [1.807, 2.05) is 49.2 Å². The molecule has 2 heterocycles. The molecular weight excluding hydrogens is 316 g/mol. The number of benzene rings is 1. The van der Waals surface area contributed by atoms with Crippen molar-refractivity contribution in [2.45, 2.75) is 19.5 Å². The zero-order valence-electron chi connectivity index (χ0n) is 12.3. The summed E-state index contributed by atoms with van der Waals surface area (Å²) < 4.78 is 5.15. The first-order valence-electron chi connectivity index (χ1n) is 6.90. The van der Waals surface area contributed by atoms with Crippen LogP contribution in [0.1, 0.15) is 11.8 Å². The summed E-state index contributed by atoms with van der Waals surface area (Å²) in [4.78, 5) is 19.9. The maximum absolute atomic E-state index is 12.4. The van der Waals surface area contributed by atoms with Crippen LogP contribution >= 0.6 is 22.9 Å². The second-order valence-corrected chi connectivity index (χ2v) is 6.99. The SMILES string of the molecule is C[C@H](C(=O)Nc1nc2ccccc2s1)N(C)Cc1ccns1. The maximum Gasteiger partial charge on any atom is 0.243 e. The first-order chi connectivity index (χ1) is 10.6. The monoisotopic (exact) mass is 332 g/mol. The highest BCUT2D eigenvalue weighted by atomic mass is 32.1. The van der Waals surface area contributed by atoms with E-state index in [2.05, 4.69) is 14.7 Å². The highest BCUT2D eigenvalue weighted by molar-refractivity contribution is 7.22. The van der Waals surface area contributed by atoms with E-state index in [0.29, 0.717) is 11.7 Å². The molecule has 7 heteroatoms. The summed E-state index contributed by atoms with van der Waals surface area (Å²) in [6.07, 6.45) is 1.78. The van der Waals surface area contributed by atoms with Gasteiger partial charge in [0.2, 0.25) is 5.91 Å². The molecule has 0 aliphatic rings. The van der Waals surface area contributed by atoms with Gasteiger partial charge in [0.05, 0.1) is 16.3 Å². The molecule has 1 amide bonds. The van der Waals surface area contributed by atoms with Gasteiger partial charge in [-0.3, -0.25) is 9.69 Å². The molecule has 0 aliphatic carbocycles. The number of likely N-dealkylation sites (N-methyl/N-ethyl adjacent to an activating group) is 1. The van der Waals surface area contributed by atoms with Gasteiger partial charge in [-0.15, -0.1) is 0 Å². The maximum atomic E-state index is 12.4. The van der Waals surface area contributed by atoms with E-state index >= 15 is 0 Å². The molecule has 0 unspecified atom stereocenters. The third kappa shape index (κ3) is 3.32. The number of nitrogens with zero attached hydrogens (tertiary/aromatic N) is 3. The van der Waals surface area contributed by atoms with E-state index in [1.54, 1.807) is 6.20 Å². The second-order valence-electron chi connectivity index (χ2n) is 5.05. The molecule has 0 radical (unpaired) electrons. The number of aromatic nitrogens is 2. The van der Waals surface area contributed by atoms with Gasteiger partial charge in [0.25, 0.3) is 0 Å². The summed E-state index contributed by atoms with van der Waals surface area (Å²) in [5.74, 6) is -0.0499. The predicted molar refractivity (Wildman–Crippen MR) is 91.3 cm³/mol. The fourth-order valence-corrected chi connectivity index (χ4v) is 3.55. The van der Waals surface area contributed by atoms with Crippen molar-refractivity contribution in [2.75, 3.05) is 12.4 Å². The topological polar surface area (TPSA) is 58.1 Å². The number of para-hydroxylation sites is 1. The van der Waals surface area contributed by atoms with E-state index in [1.165, 1.54) is 22.9 Å². The molecule has 22 heavy (non-hydrogen) atoms. The largest absolute Gasteiger partial charge is 0.301 e. The Labute approximate surface area is 136 Å². The van der Waals surface area contributed by atoms with Crippen LogP contribution in [0.4, 0.5) is 5.13 Å². The molecule has 3 aromatic rings. The molecule has 1 aromatic carbocycles. The molecule has 0 fully saturated rings. The highest BCUT2D eigenvalue weighted by Crippen LogP contribution is 2.25. The van der Waals surface area contributed by atoms with Crippen LogP contribution in [0.5, 0.6) is 0 Å². The van der Waals surface area contributed by atoms with Gasteiger partial charge >= 0.3 is 0 Å². The third-order valence-corrected chi connectivity index (χ3v) is 5.14. The Balaban J connectivity index is 1.65. The summed E-state index contributed by atoms with van der Waals surface area (Å²) in [7, 11) is 1.93. The van der Waals surface area contributed by atoms with E-state index in [-0.39, 0.29) is 11.9 Å². The molecule has 0 bridgehead atoms. The van der Waals surface area contributed by atoms with Gasteiger partial charge in [-0.2, -0.15) is 0 Å². The Morgan fingerprint density at radius 2 is 2.18 bits per heavy atom. The number of fused-ring (bicyclic) bond motifs is 1. The summed E-state index contributed by atoms with van der Waals surface area (Å²) >= 11 is 2.94. The lowest BCUT2D eigenvalue weighted by Gasteiger charge is -2.22. The zero-order valence-corrected chi connectivity index (χ0v) is 13.9. The van der Waals surface area contributed by atoms with E-state index < -0.39 is 0 Å². The molecule has 0 saturated carbocycles. The van der Waals surface area contributed by atoms with E-state index in [4.69, 9.17) is 0 Å². The number of carbonyl (C=O) groups is 1. The van der Waals surface area contributed by atoms with Gasteiger partial charge in [0.15, 0.2) is 5.13 Å². The lowest BCUT2D eigenvalue weighted by atomic mass is 10.2. The van der Waals surface area contributed by atoms with Crippen molar-refractivity contribution >= 4 is 44.1 Å². The Kier molecular flexibility index (Phi) is 4.47. The quantitative estimate of drug-likeness (QED) is 0.779. The molecule has 1 N–H and O–H groups in total. The fourth-order valence-electron chi connectivity index (χ4n) is 2.04. The lowest BCUT2D eigenvalue weighted by molar-refractivity contribution is -0.120. The molecule has 0 aliphatic heterocycles. The highest BCUT2D eigenvalue weighted by Gasteiger charge is 2.19. The van der Waals surface area contributed by atoms with Crippen LogP contribution in [0.15, 0.2) is 36.5 Å². The number of thiazole rings is 1. The van der Waals surface area contributed by atoms with Crippen molar-refractivity contribution in [3.05, 3.63) is 41.4 Å². The fraction of sp³-hybridized carbons (Fsp3) is 0.267. The predicted octanol–water partition coefficient (Wildman–Crippen LogP) is 3.21. The molecule has 1 atom stereocenters. The van der Waals surface area contributed by atoms with Crippen molar-refractivity contribution in [2.24, 2.45) is 0 Å². The molecule has 0 saturated heterocycles. The van der Waals surface area contributed by atoms with Crippen molar-refractivity contribution in [1.82, 2.24) is 14.3 Å². The van der Waals surface area contributed by atoms with Gasteiger partial charge in [0.1, 0.15) is 0 Å². The molecule has 5 nitrogen and oxygen atoms in total. The number of carbonyl (C=O) groups excluding carboxylic acids is 1. The molecule has 0 spiro atoms. The lowest BCUT2D eigenvalue weighted by Crippen LogP contribution is -2.39. The summed E-state index contributed by atoms with van der Waals surface area (Å²) in [5.41, 5.74) is 0.911. The van der Waals surface area contributed by atoms with Crippen LogP contribution in [0.2, 0.25) is 0 Å². The summed E-state index contributed by atoms with van der Waals surface area (Å²) in [5, 5.41) is 3.55. The normalized spacial score (nSPS) is 12.7. The molecule has 2 aromatic heterocycles. The average Bonchev–Trinajstić information content (AvgIpc) is 3.14. The Morgan fingerprint density at radius 3 is 2.91 bits per heavy atom. The Hall–Kier alpha value is -1.83. The minimum absolute atomic E-state index is 0.0499. The zero-order chi connectivity index (χ0) is 15.5. The van der Waals surface area contributed by atoms with Crippen molar-refractivity contribution in [3.8, 4) is 0 Å². The Morgan fingerprint density at radius 1 is 1.36 bits per heavy atom. The van der Waals surface area contributed by atoms with Crippen molar-refractivity contribution in [1.29, 1.82) is 0 Å². The molecular formula is C15H16N4OS2. The summed E-state index contributed by atoms with van der Waals surface area (Å²) in [6, 6.07) is 9.59. The van der Waals surface area contributed by atoms with Crippen LogP contribution in [-0.2, 0) is 11.3 Å². The number of nitrogens with one attached hydrogen (secondary N) is 1. The summed E-state index contributed by atoms with van der Waals surface area (Å²) in [6.45, 7) is 2.60. The van der Waals surface area contributed by atoms with Gasteiger partial charge < -0.3 is 5.32 Å². The van der Waals surface area contributed by atoms with Gasteiger partial charge in [-0.05, 0) is 43.7 Å². The standard InChI is InChI=1S/C15H16N4OS2/c1-10(19(2)9-11-7-8-16-22-11)14(20)18-15-17-12-5-3-4-6-13(12)21-15/h3-8,10H,9H2,1-2H3,(H,17,18,20)/t10-/m1/s1. The van der Waals surface area contributed by atoms with Gasteiger partial charge in [0, 0.05) is 17.6 Å². The van der Waals surface area contributed by atoms with Crippen LogP contribution < -0.4 is 5.32 Å². The second kappa shape index (κ2) is 6.51. The molecule has 3 rings (SSSR count). The third-order valence-electron chi connectivity index (χ3n) is 3.46. The number of hydrogen-bond donors (Lipinski definition) is 1. The number of anilines is 1. The average molecular weight is 332 g/mol. The van der Waals surface area contributed by atoms with Crippen molar-refractivity contribution < 1.29 is 4.79 Å². The van der Waals surface area contributed by atoms with Gasteiger partial charge in [-0.25, -0.2) is 9.36 Å².